The van der Waals surface area contributed by atoms with Gasteiger partial charge >= 0.3 is 0 Å². The van der Waals surface area contributed by atoms with Crippen LogP contribution in [-0.2, 0) is 0 Å². The first-order valence-electron chi connectivity index (χ1n) is 5.53. The van der Waals surface area contributed by atoms with E-state index in [1.807, 2.05) is 0 Å². The van der Waals surface area contributed by atoms with Gasteiger partial charge in [0, 0.05) is 29.1 Å². The Kier molecular flexibility index (Phi) is 3.85. The van der Waals surface area contributed by atoms with Gasteiger partial charge in [-0.1, -0.05) is 0 Å². The minimum absolute atomic E-state index is 0.155. The van der Waals surface area contributed by atoms with Crippen molar-refractivity contribution < 1.29 is 18.3 Å². The Morgan fingerprint density at radius 1 is 1.26 bits per heavy atom. The normalized spacial score (nSPS) is 10.5. The molecule has 0 saturated carbocycles. The summed E-state index contributed by atoms with van der Waals surface area (Å²) in [7, 11) is 1.36. The fourth-order valence-corrected chi connectivity index (χ4v) is 1.66. The summed E-state index contributed by atoms with van der Waals surface area (Å²) in [6.45, 7) is 0. The van der Waals surface area contributed by atoms with Crippen LogP contribution in [0.4, 0.5) is 8.78 Å². The Labute approximate surface area is 108 Å². The smallest absolute Gasteiger partial charge is 0.264 e. The van der Waals surface area contributed by atoms with E-state index in [-0.39, 0.29) is 22.7 Å². The van der Waals surface area contributed by atoms with E-state index in [9.17, 15) is 13.6 Å². The first-order valence-corrected chi connectivity index (χ1v) is 5.53. The van der Waals surface area contributed by atoms with Crippen molar-refractivity contribution in [1.29, 1.82) is 0 Å². The number of pyridine rings is 1. The number of ketones is 1. The number of nitrogens with zero attached hydrogens (tertiary/aromatic N) is 1. The van der Waals surface area contributed by atoms with Gasteiger partial charge in [0.1, 0.15) is 5.75 Å². The highest BCUT2D eigenvalue weighted by Gasteiger charge is 2.15. The molecule has 0 bridgehead atoms. The van der Waals surface area contributed by atoms with E-state index in [0.717, 1.165) is 0 Å². The lowest BCUT2D eigenvalue weighted by Crippen LogP contribution is -2.03. The molecular formula is C14H11F2NO2. The van der Waals surface area contributed by atoms with Crippen LogP contribution in [0, 0.1) is 0 Å². The number of alkyl halides is 2. The number of carbonyl (C=O) groups excluding carboxylic acids is 1. The van der Waals surface area contributed by atoms with Crippen LogP contribution in [0.2, 0.25) is 0 Å². The lowest BCUT2D eigenvalue weighted by atomic mass is 10.0. The summed E-state index contributed by atoms with van der Waals surface area (Å²) in [4.78, 5) is 16.0. The molecule has 5 heteroatoms. The Bertz CT molecular complexity index is 585. The highest BCUT2D eigenvalue weighted by Crippen LogP contribution is 2.26. The summed E-state index contributed by atoms with van der Waals surface area (Å²) < 4.78 is 30.4. The summed E-state index contributed by atoms with van der Waals surface area (Å²) in [5.41, 5.74) is 0.255. The van der Waals surface area contributed by atoms with Gasteiger partial charge < -0.3 is 4.74 Å². The van der Waals surface area contributed by atoms with Crippen molar-refractivity contribution in [3.63, 3.8) is 0 Å². The van der Waals surface area contributed by atoms with Gasteiger partial charge in [0.05, 0.1) is 7.11 Å². The lowest BCUT2D eigenvalue weighted by Gasteiger charge is -2.08. The van der Waals surface area contributed by atoms with Crippen molar-refractivity contribution in [3.05, 3.63) is 59.4 Å². The van der Waals surface area contributed by atoms with Crippen LogP contribution in [0.5, 0.6) is 5.75 Å². The third-order valence-electron chi connectivity index (χ3n) is 2.60. The molecule has 0 aliphatic carbocycles. The average Bonchev–Trinajstić information content (AvgIpc) is 2.46. The average molecular weight is 263 g/mol. The largest absolute Gasteiger partial charge is 0.497 e. The van der Waals surface area contributed by atoms with E-state index < -0.39 is 6.43 Å². The summed E-state index contributed by atoms with van der Waals surface area (Å²) in [6, 6.07) is 7.01. The van der Waals surface area contributed by atoms with Gasteiger partial charge in [0.15, 0.2) is 5.78 Å². The van der Waals surface area contributed by atoms with Crippen LogP contribution in [0.15, 0.2) is 42.7 Å². The third-order valence-corrected chi connectivity index (χ3v) is 2.60. The van der Waals surface area contributed by atoms with Crippen LogP contribution in [0.25, 0.3) is 0 Å². The monoisotopic (exact) mass is 263 g/mol. The molecule has 1 aromatic carbocycles. The number of aromatic nitrogens is 1. The first-order chi connectivity index (χ1) is 9.11. The Balaban J connectivity index is 2.44. The van der Waals surface area contributed by atoms with Crippen LogP contribution in [-0.4, -0.2) is 17.9 Å². The molecule has 0 N–H and O–H groups in total. The summed E-state index contributed by atoms with van der Waals surface area (Å²) in [6.07, 6.45) is 0.270. The number of carbonyl (C=O) groups is 1. The summed E-state index contributed by atoms with van der Waals surface area (Å²) in [5.74, 6) is -0.140. The molecular weight excluding hydrogens is 252 g/mol. The van der Waals surface area contributed by atoms with Crippen molar-refractivity contribution in [2.45, 2.75) is 6.43 Å². The highest BCUT2D eigenvalue weighted by molar-refractivity contribution is 6.09. The van der Waals surface area contributed by atoms with E-state index >= 15 is 0 Å². The number of hydrogen-bond acceptors (Lipinski definition) is 3. The van der Waals surface area contributed by atoms with Crippen molar-refractivity contribution in [3.8, 4) is 5.75 Å². The summed E-state index contributed by atoms with van der Waals surface area (Å²) in [5, 5.41) is 0. The number of rotatable bonds is 4. The van der Waals surface area contributed by atoms with Gasteiger partial charge in [-0.05, 0) is 30.3 Å². The van der Waals surface area contributed by atoms with Gasteiger partial charge in [-0.25, -0.2) is 8.78 Å². The molecule has 0 amide bonds. The van der Waals surface area contributed by atoms with Crippen LogP contribution in [0.3, 0.4) is 0 Å². The van der Waals surface area contributed by atoms with E-state index in [0.29, 0.717) is 5.56 Å². The number of methoxy groups -OCH3 is 1. The van der Waals surface area contributed by atoms with Gasteiger partial charge in [0.2, 0.25) is 0 Å². The lowest BCUT2D eigenvalue weighted by molar-refractivity contribution is 0.103. The molecule has 3 nitrogen and oxygen atoms in total. The van der Waals surface area contributed by atoms with E-state index in [4.69, 9.17) is 4.74 Å². The predicted octanol–water partition coefficient (Wildman–Crippen LogP) is 3.26. The maximum atomic E-state index is 12.8. The maximum Gasteiger partial charge on any atom is 0.264 e. The minimum atomic E-state index is -2.66. The Morgan fingerprint density at radius 2 is 2.05 bits per heavy atom. The molecule has 98 valence electrons. The SMILES string of the molecule is COc1cc(C(=O)c2cccnc2)cc(C(F)F)c1. The Morgan fingerprint density at radius 3 is 2.63 bits per heavy atom. The molecule has 0 unspecified atom stereocenters. The van der Waals surface area contributed by atoms with Gasteiger partial charge in [0.25, 0.3) is 6.43 Å². The Hall–Kier alpha value is -2.30. The predicted molar refractivity (Wildman–Crippen MR) is 65.6 cm³/mol. The maximum absolute atomic E-state index is 12.8. The number of benzene rings is 1. The topological polar surface area (TPSA) is 39.2 Å². The van der Waals surface area contributed by atoms with Crippen molar-refractivity contribution in [2.75, 3.05) is 7.11 Å². The van der Waals surface area contributed by atoms with Crippen LogP contribution < -0.4 is 4.74 Å². The highest BCUT2D eigenvalue weighted by atomic mass is 19.3. The zero-order valence-electron chi connectivity index (χ0n) is 10.1. The van der Waals surface area contributed by atoms with Gasteiger partial charge in [-0.15, -0.1) is 0 Å². The second-order valence-corrected chi connectivity index (χ2v) is 3.87. The molecule has 0 saturated heterocycles. The van der Waals surface area contributed by atoms with Crippen LogP contribution >= 0.6 is 0 Å². The van der Waals surface area contributed by atoms with E-state index in [1.165, 1.54) is 37.7 Å². The zero-order chi connectivity index (χ0) is 13.8. The third kappa shape index (κ3) is 2.93. The molecule has 1 heterocycles. The zero-order valence-corrected chi connectivity index (χ0v) is 10.1. The molecule has 2 aromatic rings. The number of halogens is 2. The molecule has 2 rings (SSSR count). The van der Waals surface area contributed by atoms with E-state index in [1.54, 1.807) is 12.1 Å². The van der Waals surface area contributed by atoms with Gasteiger partial charge in [-0.2, -0.15) is 0 Å². The van der Waals surface area contributed by atoms with Crippen molar-refractivity contribution in [1.82, 2.24) is 4.98 Å². The number of hydrogen-bond donors (Lipinski definition) is 0. The summed E-state index contributed by atoms with van der Waals surface area (Å²) >= 11 is 0. The second-order valence-electron chi connectivity index (χ2n) is 3.87. The van der Waals surface area contributed by atoms with Crippen molar-refractivity contribution >= 4 is 5.78 Å². The molecule has 0 spiro atoms. The van der Waals surface area contributed by atoms with E-state index in [2.05, 4.69) is 4.98 Å². The fraction of sp³-hybridized carbons (Fsp3) is 0.143. The molecule has 0 radical (unpaired) electrons. The molecule has 0 aliphatic heterocycles. The standard InChI is InChI=1S/C14H11F2NO2/c1-19-12-6-10(5-11(7-12)14(15)16)13(18)9-3-2-4-17-8-9/h2-8,14H,1H3. The van der Waals surface area contributed by atoms with Gasteiger partial charge in [-0.3, -0.25) is 9.78 Å². The second kappa shape index (κ2) is 5.56. The number of ether oxygens (including phenoxy) is 1. The molecule has 0 fully saturated rings. The van der Waals surface area contributed by atoms with Crippen LogP contribution in [0.1, 0.15) is 27.9 Å². The molecule has 0 atom stereocenters. The molecule has 19 heavy (non-hydrogen) atoms. The molecule has 1 aromatic heterocycles. The quantitative estimate of drug-likeness (QED) is 0.795. The molecule has 0 aliphatic rings. The first kappa shape index (κ1) is 13.1. The van der Waals surface area contributed by atoms with Crippen molar-refractivity contribution in [2.24, 2.45) is 0 Å². The fourth-order valence-electron chi connectivity index (χ4n) is 1.66. The minimum Gasteiger partial charge on any atom is -0.497 e.